The Bertz CT molecular complexity index is 3940. The molecule has 0 amide bonds. The molecule has 0 atom stereocenters. The lowest BCUT2D eigenvalue weighted by Gasteiger charge is -2.14. The Morgan fingerprint density at radius 2 is 0.403 bits per heavy atom. The van der Waals surface area contributed by atoms with E-state index in [-0.39, 0.29) is 0 Å². The summed E-state index contributed by atoms with van der Waals surface area (Å²) < 4.78 is 6.79. The van der Waals surface area contributed by atoms with Gasteiger partial charge in [-0.2, -0.15) is 0 Å². The Balaban J connectivity index is 1.28. The second kappa shape index (κ2) is 18.5. The summed E-state index contributed by atoms with van der Waals surface area (Å²) in [5, 5.41) is 2.00. The van der Waals surface area contributed by atoms with E-state index in [1.807, 2.05) is 22.7 Å². The van der Waals surface area contributed by atoms with Crippen LogP contribution in [-0.2, 0) is 0 Å². The van der Waals surface area contributed by atoms with Crippen molar-refractivity contribution in [3.63, 3.8) is 0 Å². The van der Waals surface area contributed by atoms with Gasteiger partial charge < -0.3 is 0 Å². The molecular formula is C70H58N4S3. The molecule has 0 saturated carbocycles. The standard InChI is InChI=1S/C70H58N4S3/c1-35-27-39(5)61(40(6)28-35)67-51-17-13-47(71-51)65-48-14-19-53(72-48)69(63-43(9)31-37(3)32-44(63)10)59-25-26-60(77-59)70(64-45(11)33-38(4)34-46(64)12)54-20-16-50(74-54)66(56-22-21-55(65)75-56)49-15-18-52(73-49)68(58-24-23-57(67)76-58)62-41(7)29-36(2)30-42(62)8/h13-34H,1-12H3. The second-order valence-corrected chi connectivity index (χ2v) is 25.0. The molecule has 13 rings (SSSR count). The van der Waals surface area contributed by atoms with E-state index in [2.05, 4.69) is 217 Å². The third-order valence-corrected chi connectivity index (χ3v) is 19.0. The van der Waals surface area contributed by atoms with Crippen LogP contribution in [0.4, 0.5) is 0 Å². The number of aromatic nitrogens is 4. The summed E-state index contributed by atoms with van der Waals surface area (Å²) in [5.41, 5.74) is 31.5. The van der Waals surface area contributed by atoms with Gasteiger partial charge in [-0.05, 0) is 235 Å². The molecule has 0 saturated heterocycles. The Labute approximate surface area is 463 Å². The van der Waals surface area contributed by atoms with Gasteiger partial charge in [-0.1, -0.05) is 70.8 Å². The molecule has 0 aliphatic carbocycles. The van der Waals surface area contributed by atoms with Crippen LogP contribution in [0.25, 0.3) is 132 Å². The fraction of sp³-hybridized carbons (Fsp3) is 0.171. The van der Waals surface area contributed by atoms with Crippen molar-refractivity contribution in [2.75, 3.05) is 0 Å². The van der Waals surface area contributed by atoms with Crippen LogP contribution in [0.5, 0.6) is 0 Å². The molecule has 4 aromatic carbocycles. The number of hydrogen-bond acceptors (Lipinski definition) is 7. The van der Waals surface area contributed by atoms with Gasteiger partial charge in [0.1, 0.15) is 0 Å². The predicted molar refractivity (Wildman–Crippen MR) is 337 cm³/mol. The average Bonchev–Trinajstić information content (AvgIpc) is 4.23. The van der Waals surface area contributed by atoms with Gasteiger partial charge in [-0.3, -0.25) is 0 Å². The van der Waals surface area contributed by atoms with E-state index in [1.54, 1.807) is 11.3 Å². The van der Waals surface area contributed by atoms with Crippen molar-refractivity contribution in [1.82, 2.24) is 19.9 Å². The van der Waals surface area contributed by atoms with E-state index >= 15 is 0 Å². The van der Waals surface area contributed by atoms with Crippen molar-refractivity contribution < 1.29 is 0 Å². The summed E-state index contributed by atoms with van der Waals surface area (Å²) in [6.45, 7) is 26.7. The van der Waals surface area contributed by atoms with Crippen LogP contribution in [0.15, 0.2) is 84.9 Å². The molecule has 77 heavy (non-hydrogen) atoms. The molecule has 0 fully saturated rings. The third-order valence-electron chi connectivity index (χ3n) is 15.6. The van der Waals surface area contributed by atoms with Crippen LogP contribution in [0, 0.1) is 83.1 Å². The number of benzene rings is 4. The van der Waals surface area contributed by atoms with Crippen LogP contribution in [0.1, 0.15) is 112 Å². The minimum Gasteiger partial charge on any atom is -0.248 e. The number of fused-ring (bicyclic) bond motifs is 16. The summed E-state index contributed by atoms with van der Waals surface area (Å²) in [7, 11) is 0. The lowest BCUT2D eigenvalue weighted by atomic mass is 9.93. The molecule has 0 unspecified atom stereocenters. The van der Waals surface area contributed by atoms with E-state index in [0.717, 1.165) is 107 Å². The van der Waals surface area contributed by atoms with Gasteiger partial charge in [0.25, 0.3) is 0 Å². The molecule has 4 nitrogen and oxygen atoms in total. The van der Waals surface area contributed by atoms with Crippen LogP contribution in [-0.4, -0.2) is 19.9 Å². The Hall–Kier alpha value is -7.68. The van der Waals surface area contributed by atoms with Crippen LogP contribution < -0.4 is 0 Å². The zero-order valence-corrected chi connectivity index (χ0v) is 48.2. The molecular weight excluding hydrogens is 993 g/mol. The highest BCUT2D eigenvalue weighted by Gasteiger charge is 2.25. The summed E-state index contributed by atoms with van der Waals surface area (Å²) in [4.78, 5) is 23.0. The Kier molecular flexibility index (Phi) is 11.8. The first kappa shape index (κ1) is 48.9. The fourth-order valence-electron chi connectivity index (χ4n) is 13.0. The first-order chi connectivity index (χ1) is 37.1. The van der Waals surface area contributed by atoms with E-state index in [9.17, 15) is 0 Å². The maximum Gasteiger partial charge on any atom is 0.0746 e. The van der Waals surface area contributed by atoms with Crippen molar-refractivity contribution in [1.29, 1.82) is 0 Å². The summed E-state index contributed by atoms with van der Waals surface area (Å²) in [5.74, 6) is 0. The molecule has 5 aromatic heterocycles. The van der Waals surface area contributed by atoms with Gasteiger partial charge in [0.2, 0.25) is 0 Å². The normalized spacial score (nSPS) is 12.7. The molecule has 9 heterocycles. The van der Waals surface area contributed by atoms with Gasteiger partial charge in [-0.15, -0.1) is 34.0 Å². The third kappa shape index (κ3) is 8.21. The molecule has 0 spiro atoms. The number of nitrogens with zero attached hydrogens (tertiary/aromatic N) is 4. The number of thiophene rings is 3. The largest absolute Gasteiger partial charge is 0.248 e. The number of hydrogen-bond donors (Lipinski definition) is 0. The summed E-state index contributed by atoms with van der Waals surface area (Å²) in [6.07, 6.45) is 17.8. The van der Waals surface area contributed by atoms with Crippen molar-refractivity contribution in [3.05, 3.63) is 197 Å². The highest BCUT2D eigenvalue weighted by atomic mass is 32.1. The molecule has 0 radical (unpaired) electrons. The Morgan fingerprint density at radius 3 is 0.623 bits per heavy atom. The van der Waals surface area contributed by atoms with E-state index in [0.29, 0.717) is 0 Å². The SMILES string of the molecule is Cc1cc(C)c(-c2c3nc(c4c5nc(c(-c6c(C)cc(C)cc6C)c6ccc(s6)c(-c6c(C)cc(C)cc6C)c6nc(c(c7nc(c(-c8c(C)cc(C)cc8C)c8ccc2s8)C=C7)c2ccc4s2)C=C6)C=C5)C=C3)c(C)c1. The molecule has 0 N–H and O–H groups in total. The van der Waals surface area contributed by atoms with Crippen molar-refractivity contribution in [2.24, 2.45) is 0 Å². The molecule has 16 bridgehead atoms. The van der Waals surface area contributed by atoms with Gasteiger partial charge >= 0.3 is 0 Å². The van der Waals surface area contributed by atoms with Gasteiger partial charge in [0.05, 0.1) is 45.6 Å². The van der Waals surface area contributed by atoms with Crippen molar-refractivity contribution >= 4 is 122 Å². The summed E-state index contributed by atoms with van der Waals surface area (Å²) >= 11 is 5.41. The first-order valence-electron chi connectivity index (χ1n) is 26.5. The van der Waals surface area contributed by atoms with Gasteiger partial charge in [0, 0.05) is 61.2 Å². The molecule has 9 aromatic rings. The van der Waals surface area contributed by atoms with E-state index < -0.39 is 0 Å². The highest BCUT2D eigenvalue weighted by Crippen LogP contribution is 2.47. The zero-order valence-electron chi connectivity index (χ0n) is 45.7. The van der Waals surface area contributed by atoms with E-state index in [4.69, 9.17) is 19.9 Å². The summed E-state index contributed by atoms with van der Waals surface area (Å²) in [6, 6.07) is 32.2. The van der Waals surface area contributed by atoms with E-state index in [1.165, 1.54) is 89.0 Å². The number of rotatable bonds is 4. The quantitative estimate of drug-likeness (QED) is 0.176. The van der Waals surface area contributed by atoms with Crippen molar-refractivity contribution in [3.8, 4) is 44.5 Å². The Morgan fingerprint density at radius 1 is 0.221 bits per heavy atom. The highest BCUT2D eigenvalue weighted by molar-refractivity contribution is 7.25. The fourth-order valence-corrected chi connectivity index (χ4v) is 16.3. The maximum atomic E-state index is 5.75. The lowest BCUT2D eigenvalue weighted by molar-refractivity contribution is 1.28. The monoisotopic (exact) mass is 1050 g/mol. The average molecular weight is 1050 g/mol. The smallest absolute Gasteiger partial charge is 0.0746 e. The molecule has 4 aliphatic heterocycles. The van der Waals surface area contributed by atoms with Crippen LogP contribution in [0.2, 0.25) is 0 Å². The molecule has 376 valence electrons. The van der Waals surface area contributed by atoms with Crippen LogP contribution >= 0.6 is 34.0 Å². The maximum absolute atomic E-state index is 5.75. The minimum absolute atomic E-state index is 0.885. The molecule has 4 aliphatic rings. The second-order valence-electron chi connectivity index (χ2n) is 21.7. The predicted octanol–water partition coefficient (Wildman–Crippen LogP) is 20.3. The molecule has 7 heteroatoms. The first-order valence-corrected chi connectivity index (χ1v) is 29.0. The van der Waals surface area contributed by atoms with Gasteiger partial charge in [-0.25, -0.2) is 19.9 Å². The zero-order chi connectivity index (χ0) is 53.3. The topological polar surface area (TPSA) is 51.6 Å². The van der Waals surface area contributed by atoms with Crippen LogP contribution in [0.3, 0.4) is 0 Å². The van der Waals surface area contributed by atoms with Gasteiger partial charge in [0.15, 0.2) is 0 Å². The number of aryl methyl sites for hydroxylation is 12. The van der Waals surface area contributed by atoms with Crippen molar-refractivity contribution in [2.45, 2.75) is 83.1 Å². The lowest BCUT2D eigenvalue weighted by Crippen LogP contribution is -1.93. The minimum atomic E-state index is 0.885.